The molecule has 1 aliphatic rings. The molecular formula is C12H14BrNO2. The molecule has 0 aromatic heterocycles. The van der Waals surface area contributed by atoms with E-state index in [2.05, 4.69) is 21.2 Å². The second kappa shape index (κ2) is 4.87. The summed E-state index contributed by atoms with van der Waals surface area (Å²) in [6, 6.07) is 6.09. The average molecular weight is 284 g/mol. The highest BCUT2D eigenvalue weighted by Crippen LogP contribution is 2.30. The van der Waals surface area contributed by atoms with E-state index in [4.69, 9.17) is 4.74 Å². The number of hydrogen-bond donors (Lipinski definition) is 1. The molecule has 0 heterocycles. The third-order valence-corrected chi connectivity index (χ3v) is 3.07. The summed E-state index contributed by atoms with van der Waals surface area (Å²) in [7, 11) is 0. The van der Waals surface area contributed by atoms with Crippen LogP contribution in [0.15, 0.2) is 22.7 Å². The Labute approximate surface area is 103 Å². The Morgan fingerprint density at radius 3 is 2.88 bits per heavy atom. The lowest BCUT2D eigenvalue weighted by Crippen LogP contribution is -2.06. The topological polar surface area (TPSA) is 38.3 Å². The van der Waals surface area contributed by atoms with Gasteiger partial charge in [0.2, 0.25) is 0 Å². The predicted molar refractivity (Wildman–Crippen MR) is 66.7 cm³/mol. The zero-order valence-electron chi connectivity index (χ0n) is 9.13. The molecule has 0 saturated heterocycles. The Morgan fingerprint density at radius 1 is 1.56 bits per heavy atom. The molecule has 0 bridgehead atoms. The van der Waals surface area contributed by atoms with E-state index in [1.165, 1.54) is 12.8 Å². The van der Waals surface area contributed by atoms with Gasteiger partial charge >= 0.3 is 5.97 Å². The first-order valence-electron chi connectivity index (χ1n) is 5.44. The molecular weight excluding hydrogens is 270 g/mol. The Kier molecular flexibility index (Phi) is 3.49. The molecule has 0 atom stereocenters. The number of anilines is 1. The van der Waals surface area contributed by atoms with E-state index in [0.717, 1.165) is 10.2 Å². The minimum absolute atomic E-state index is 0.277. The molecule has 0 aliphatic heterocycles. The molecule has 2 rings (SSSR count). The van der Waals surface area contributed by atoms with Gasteiger partial charge in [-0.05, 0) is 53.9 Å². The van der Waals surface area contributed by atoms with Gasteiger partial charge in [-0.3, -0.25) is 0 Å². The molecule has 16 heavy (non-hydrogen) atoms. The zero-order valence-corrected chi connectivity index (χ0v) is 10.7. The van der Waals surface area contributed by atoms with Crippen LogP contribution in [-0.2, 0) is 4.74 Å². The summed E-state index contributed by atoms with van der Waals surface area (Å²) in [6.07, 6.45) is 2.46. The number of hydrogen-bond acceptors (Lipinski definition) is 3. The number of carbonyl (C=O) groups excluding carboxylic acids is 1. The molecule has 0 radical (unpaired) electrons. The Morgan fingerprint density at radius 2 is 2.31 bits per heavy atom. The van der Waals surface area contributed by atoms with Crippen LogP contribution >= 0.6 is 15.9 Å². The number of esters is 1. The van der Waals surface area contributed by atoms with Crippen molar-refractivity contribution in [3.63, 3.8) is 0 Å². The van der Waals surface area contributed by atoms with Crippen molar-refractivity contribution in [3.05, 3.63) is 28.2 Å². The van der Waals surface area contributed by atoms with E-state index in [1.807, 2.05) is 6.07 Å². The number of nitrogens with one attached hydrogen (secondary N) is 1. The van der Waals surface area contributed by atoms with Gasteiger partial charge in [0.25, 0.3) is 0 Å². The number of ether oxygens (including phenoxy) is 1. The SMILES string of the molecule is CCOC(=O)c1ccc(NC2CC2)c(Br)c1. The molecule has 0 unspecified atom stereocenters. The number of carbonyl (C=O) groups is 1. The second-order valence-electron chi connectivity index (χ2n) is 3.83. The molecule has 1 saturated carbocycles. The molecule has 1 aromatic carbocycles. The first-order chi connectivity index (χ1) is 7.70. The van der Waals surface area contributed by atoms with Gasteiger partial charge in [-0.2, -0.15) is 0 Å². The molecule has 0 amide bonds. The van der Waals surface area contributed by atoms with Crippen molar-refractivity contribution in [1.29, 1.82) is 0 Å². The third kappa shape index (κ3) is 2.76. The van der Waals surface area contributed by atoms with E-state index in [0.29, 0.717) is 18.2 Å². The van der Waals surface area contributed by atoms with Gasteiger partial charge in [0.1, 0.15) is 0 Å². The van der Waals surface area contributed by atoms with E-state index in [1.54, 1.807) is 19.1 Å². The van der Waals surface area contributed by atoms with Crippen LogP contribution in [0.4, 0.5) is 5.69 Å². The lowest BCUT2D eigenvalue weighted by Gasteiger charge is -2.08. The van der Waals surface area contributed by atoms with Gasteiger partial charge in [-0.25, -0.2) is 4.79 Å². The molecule has 0 spiro atoms. The average Bonchev–Trinajstić information content (AvgIpc) is 3.05. The third-order valence-electron chi connectivity index (χ3n) is 2.42. The van der Waals surface area contributed by atoms with Crippen LogP contribution in [0.3, 0.4) is 0 Å². The minimum atomic E-state index is -0.277. The van der Waals surface area contributed by atoms with Crippen LogP contribution in [0.25, 0.3) is 0 Å². The Balaban J connectivity index is 2.11. The van der Waals surface area contributed by atoms with Crippen molar-refractivity contribution >= 4 is 27.6 Å². The predicted octanol–water partition coefficient (Wildman–Crippen LogP) is 3.20. The van der Waals surface area contributed by atoms with E-state index >= 15 is 0 Å². The van der Waals surface area contributed by atoms with Crippen molar-refractivity contribution in [3.8, 4) is 0 Å². The van der Waals surface area contributed by atoms with Crippen LogP contribution in [-0.4, -0.2) is 18.6 Å². The van der Waals surface area contributed by atoms with Gasteiger partial charge in [-0.1, -0.05) is 0 Å². The standard InChI is InChI=1S/C12H14BrNO2/c1-2-16-12(15)8-3-6-11(10(13)7-8)14-9-4-5-9/h3,6-7,9,14H,2,4-5H2,1H3. The summed E-state index contributed by atoms with van der Waals surface area (Å²) in [4.78, 5) is 11.5. The summed E-state index contributed by atoms with van der Waals surface area (Å²) in [6.45, 7) is 2.20. The van der Waals surface area contributed by atoms with Crippen molar-refractivity contribution < 1.29 is 9.53 Å². The smallest absolute Gasteiger partial charge is 0.338 e. The van der Waals surface area contributed by atoms with E-state index < -0.39 is 0 Å². The van der Waals surface area contributed by atoms with Gasteiger partial charge in [0, 0.05) is 16.2 Å². The van der Waals surface area contributed by atoms with Gasteiger partial charge in [0.05, 0.1) is 12.2 Å². The number of halogens is 1. The number of benzene rings is 1. The molecule has 3 nitrogen and oxygen atoms in total. The van der Waals surface area contributed by atoms with Crippen LogP contribution < -0.4 is 5.32 Å². The van der Waals surface area contributed by atoms with Crippen LogP contribution in [0, 0.1) is 0 Å². The first kappa shape index (κ1) is 11.5. The highest BCUT2D eigenvalue weighted by molar-refractivity contribution is 9.10. The maximum absolute atomic E-state index is 11.5. The summed E-state index contributed by atoms with van der Waals surface area (Å²) in [5.41, 5.74) is 1.62. The molecule has 1 aromatic rings. The molecule has 1 N–H and O–H groups in total. The normalized spacial score (nSPS) is 14.6. The van der Waals surface area contributed by atoms with Gasteiger partial charge in [0.15, 0.2) is 0 Å². The van der Waals surface area contributed by atoms with Crippen molar-refractivity contribution in [2.24, 2.45) is 0 Å². The highest BCUT2D eigenvalue weighted by atomic mass is 79.9. The first-order valence-corrected chi connectivity index (χ1v) is 6.23. The second-order valence-corrected chi connectivity index (χ2v) is 4.69. The quantitative estimate of drug-likeness (QED) is 0.863. The Hall–Kier alpha value is -1.03. The molecule has 4 heteroatoms. The van der Waals surface area contributed by atoms with E-state index in [9.17, 15) is 4.79 Å². The van der Waals surface area contributed by atoms with Gasteiger partial charge in [-0.15, -0.1) is 0 Å². The van der Waals surface area contributed by atoms with Crippen molar-refractivity contribution in [1.82, 2.24) is 0 Å². The van der Waals surface area contributed by atoms with Crippen molar-refractivity contribution in [2.45, 2.75) is 25.8 Å². The minimum Gasteiger partial charge on any atom is -0.462 e. The van der Waals surface area contributed by atoms with Crippen LogP contribution in [0.5, 0.6) is 0 Å². The maximum Gasteiger partial charge on any atom is 0.338 e. The lowest BCUT2D eigenvalue weighted by molar-refractivity contribution is 0.0526. The summed E-state index contributed by atoms with van der Waals surface area (Å²) in [5, 5.41) is 3.38. The zero-order chi connectivity index (χ0) is 11.5. The number of rotatable bonds is 4. The summed E-state index contributed by atoms with van der Waals surface area (Å²) >= 11 is 3.45. The summed E-state index contributed by atoms with van der Waals surface area (Å²) in [5.74, 6) is -0.277. The largest absolute Gasteiger partial charge is 0.462 e. The fraction of sp³-hybridized carbons (Fsp3) is 0.417. The monoisotopic (exact) mass is 283 g/mol. The van der Waals surface area contributed by atoms with Crippen LogP contribution in [0.1, 0.15) is 30.1 Å². The fourth-order valence-electron chi connectivity index (χ4n) is 1.42. The van der Waals surface area contributed by atoms with Crippen molar-refractivity contribution in [2.75, 3.05) is 11.9 Å². The lowest BCUT2D eigenvalue weighted by atomic mass is 10.2. The maximum atomic E-state index is 11.5. The fourth-order valence-corrected chi connectivity index (χ4v) is 1.91. The summed E-state index contributed by atoms with van der Waals surface area (Å²) < 4.78 is 5.84. The molecule has 1 aliphatic carbocycles. The Bertz CT molecular complexity index is 402. The molecule has 86 valence electrons. The van der Waals surface area contributed by atoms with E-state index in [-0.39, 0.29) is 5.97 Å². The van der Waals surface area contributed by atoms with Gasteiger partial charge < -0.3 is 10.1 Å². The van der Waals surface area contributed by atoms with Crippen LogP contribution in [0.2, 0.25) is 0 Å². The highest BCUT2D eigenvalue weighted by Gasteiger charge is 2.21. The molecule has 1 fully saturated rings.